The highest BCUT2D eigenvalue weighted by Crippen LogP contribution is 2.26. The van der Waals surface area contributed by atoms with Gasteiger partial charge in [0.15, 0.2) is 12.4 Å². The number of carbonyl (C=O) groups is 2. The van der Waals surface area contributed by atoms with Crippen LogP contribution in [0.25, 0.3) is 0 Å². The van der Waals surface area contributed by atoms with Crippen molar-refractivity contribution in [2.45, 2.75) is 243 Å². The number of ether oxygens (including phenoxy) is 3. The smallest absolute Gasteiger partial charge is 0.306 e. The van der Waals surface area contributed by atoms with Gasteiger partial charge in [0.1, 0.15) is 24.4 Å². The van der Waals surface area contributed by atoms with Gasteiger partial charge in [0.25, 0.3) is 0 Å². The molecule has 0 aliphatic carbocycles. The summed E-state index contributed by atoms with van der Waals surface area (Å²) < 4.78 is 17.5. The molecule has 0 aromatic carbocycles. The Morgan fingerprint density at radius 1 is 0.563 bits per heavy atom. The molecule has 6 N–H and O–H groups in total. The van der Waals surface area contributed by atoms with Crippen molar-refractivity contribution >= 4 is 11.9 Å². The van der Waals surface area contributed by atoms with Gasteiger partial charge in [-0.3, -0.25) is 9.59 Å². The predicted molar refractivity (Wildman–Crippen MR) is 291 cm³/mol. The topological polar surface area (TPSA) is 175 Å². The Labute approximate surface area is 430 Å². The van der Waals surface area contributed by atoms with Crippen molar-refractivity contribution in [1.82, 2.24) is 5.32 Å². The van der Waals surface area contributed by atoms with E-state index in [9.17, 15) is 35.1 Å². The Morgan fingerprint density at radius 2 is 1.01 bits per heavy atom. The summed E-state index contributed by atoms with van der Waals surface area (Å²) >= 11 is 0. The number of nitrogens with one attached hydrogen (secondary N) is 1. The molecule has 1 aliphatic heterocycles. The molecule has 0 spiro atoms. The molecule has 0 saturated carbocycles. The van der Waals surface area contributed by atoms with E-state index in [1.54, 1.807) is 6.08 Å². The molecule has 1 amide bonds. The van der Waals surface area contributed by atoms with E-state index in [0.717, 1.165) is 96.3 Å². The van der Waals surface area contributed by atoms with Crippen molar-refractivity contribution in [3.8, 4) is 0 Å². The van der Waals surface area contributed by atoms with Gasteiger partial charge in [-0.1, -0.05) is 233 Å². The average Bonchev–Trinajstić information content (AvgIpc) is 3.37. The molecule has 0 radical (unpaired) electrons. The number of hydrogen-bond donors (Lipinski definition) is 6. The lowest BCUT2D eigenvalue weighted by molar-refractivity contribution is -0.305. The van der Waals surface area contributed by atoms with Gasteiger partial charge in [-0.05, 0) is 64.2 Å². The number of carbonyl (C=O) groups excluding carboxylic acids is 2. The van der Waals surface area contributed by atoms with Crippen LogP contribution in [0.5, 0.6) is 0 Å². The minimum Gasteiger partial charge on any atom is -0.454 e. The van der Waals surface area contributed by atoms with Crippen molar-refractivity contribution in [2.24, 2.45) is 0 Å². The zero-order chi connectivity index (χ0) is 51.8. The number of aliphatic hydroxyl groups is 5. The minimum absolute atomic E-state index is 0.0879. The lowest BCUT2D eigenvalue weighted by Crippen LogP contribution is -2.61. The molecular formula is C60H99NO10. The van der Waals surface area contributed by atoms with Crippen LogP contribution in [0.4, 0.5) is 0 Å². The molecule has 1 aliphatic rings. The lowest BCUT2D eigenvalue weighted by Gasteiger charge is -2.41. The number of amides is 1. The summed E-state index contributed by atoms with van der Waals surface area (Å²) in [6.45, 7) is 5.45. The minimum atomic E-state index is -1.63. The molecule has 11 heteroatoms. The van der Waals surface area contributed by atoms with Gasteiger partial charge < -0.3 is 45.1 Å². The van der Waals surface area contributed by atoms with Crippen molar-refractivity contribution in [3.05, 3.63) is 109 Å². The molecule has 0 aromatic rings. The summed E-state index contributed by atoms with van der Waals surface area (Å²) in [6, 6.07) is -1.05. The van der Waals surface area contributed by atoms with Gasteiger partial charge in [-0.2, -0.15) is 0 Å². The van der Waals surface area contributed by atoms with Crippen LogP contribution in [0, 0.1) is 0 Å². The summed E-state index contributed by atoms with van der Waals surface area (Å²) in [5, 5.41) is 56.7. The van der Waals surface area contributed by atoms with Crippen LogP contribution >= 0.6 is 0 Å². The molecule has 1 heterocycles. The van der Waals surface area contributed by atoms with Crippen LogP contribution in [0.15, 0.2) is 109 Å². The van der Waals surface area contributed by atoms with E-state index in [2.05, 4.69) is 50.4 Å². The Kier molecular flexibility index (Phi) is 43.6. The SMILES string of the molecule is CC/C=C/C=C/C=C/C=C\CCCCCCCC(=O)OC1C(OCC(NC(=O)C(O)CCCCCC\C=C/C=C/C=C/C=C/CC)C(O)/C=C/CCCCCCCCCCCCC)OC(CO)C(O)C1O. The quantitative estimate of drug-likeness (QED) is 0.0149. The molecule has 0 aromatic heterocycles. The normalized spacial score (nSPS) is 20.5. The summed E-state index contributed by atoms with van der Waals surface area (Å²) in [4.78, 5) is 26.4. The number of allylic oxidation sites excluding steroid dienone is 17. The second-order valence-electron chi connectivity index (χ2n) is 18.7. The van der Waals surface area contributed by atoms with Gasteiger partial charge in [0.05, 0.1) is 25.4 Å². The largest absolute Gasteiger partial charge is 0.454 e. The highest BCUT2D eigenvalue weighted by molar-refractivity contribution is 5.80. The van der Waals surface area contributed by atoms with Crippen molar-refractivity contribution < 1.29 is 49.3 Å². The number of unbranched alkanes of at least 4 members (excludes halogenated alkanes) is 20. The molecule has 1 rings (SSSR count). The summed E-state index contributed by atoms with van der Waals surface area (Å²) in [5.41, 5.74) is 0. The van der Waals surface area contributed by atoms with Gasteiger partial charge >= 0.3 is 5.97 Å². The maximum Gasteiger partial charge on any atom is 0.306 e. The third kappa shape index (κ3) is 36.0. The van der Waals surface area contributed by atoms with Gasteiger partial charge in [-0.15, -0.1) is 0 Å². The lowest BCUT2D eigenvalue weighted by atomic mass is 9.99. The molecule has 71 heavy (non-hydrogen) atoms. The zero-order valence-electron chi connectivity index (χ0n) is 44.3. The average molecular weight is 994 g/mol. The first-order valence-corrected chi connectivity index (χ1v) is 27.8. The van der Waals surface area contributed by atoms with Crippen molar-refractivity contribution in [1.29, 1.82) is 0 Å². The van der Waals surface area contributed by atoms with E-state index in [4.69, 9.17) is 14.2 Å². The fourth-order valence-electron chi connectivity index (χ4n) is 7.96. The van der Waals surface area contributed by atoms with Gasteiger partial charge in [0, 0.05) is 6.42 Å². The van der Waals surface area contributed by atoms with Crippen LogP contribution in [-0.2, 0) is 23.8 Å². The number of hydrogen-bond acceptors (Lipinski definition) is 10. The fourth-order valence-corrected chi connectivity index (χ4v) is 7.96. The van der Waals surface area contributed by atoms with E-state index in [0.29, 0.717) is 12.8 Å². The van der Waals surface area contributed by atoms with E-state index in [1.807, 2.05) is 79.0 Å². The Morgan fingerprint density at radius 3 is 1.52 bits per heavy atom. The van der Waals surface area contributed by atoms with Crippen LogP contribution < -0.4 is 5.32 Å². The predicted octanol–water partition coefficient (Wildman–Crippen LogP) is 12.2. The Hall–Kier alpha value is -3.68. The highest BCUT2D eigenvalue weighted by atomic mass is 16.7. The summed E-state index contributed by atoms with van der Waals surface area (Å²) in [6.07, 6.45) is 52.7. The van der Waals surface area contributed by atoms with Crippen molar-refractivity contribution in [2.75, 3.05) is 13.2 Å². The van der Waals surface area contributed by atoms with Crippen LogP contribution in [0.2, 0.25) is 0 Å². The highest BCUT2D eigenvalue weighted by Gasteiger charge is 2.47. The Bertz CT molecular complexity index is 1560. The van der Waals surface area contributed by atoms with Gasteiger partial charge in [-0.25, -0.2) is 0 Å². The maximum absolute atomic E-state index is 13.4. The first kappa shape index (κ1) is 65.3. The maximum atomic E-state index is 13.4. The third-order valence-electron chi connectivity index (χ3n) is 12.4. The van der Waals surface area contributed by atoms with E-state index < -0.39 is 67.4 Å². The molecular weight excluding hydrogens is 895 g/mol. The first-order valence-electron chi connectivity index (χ1n) is 27.8. The summed E-state index contributed by atoms with van der Waals surface area (Å²) in [5.74, 6) is -1.25. The number of rotatable bonds is 44. The number of esters is 1. The zero-order valence-corrected chi connectivity index (χ0v) is 44.3. The molecule has 404 valence electrons. The standard InChI is InChI=1S/C60H99NO10/c1-4-7-10-13-16-19-22-25-27-30-33-36-39-42-45-48-55(65)71-58-57(67)56(66)54(49-62)70-60(58)69-50-51(52(63)46-43-40-37-34-31-28-24-21-18-15-12-9-6-3)61-59(68)53(64)47-44-41-38-35-32-29-26-23-20-17-14-11-8-5-2/h7-8,10-11,13-14,16-17,19-20,22-23,25-27,29,43,46,51-54,56-58,60,62-64,66-67H,4-6,9,12,15,18,21,24,28,30-42,44-45,47-50H2,1-3H3,(H,61,68)/b10-7+,11-8+,16-13+,17-14+,22-19+,23-20+,27-25-,29-26-,46-43+. The van der Waals surface area contributed by atoms with Crippen LogP contribution in [0.3, 0.4) is 0 Å². The monoisotopic (exact) mass is 994 g/mol. The molecule has 11 nitrogen and oxygen atoms in total. The van der Waals surface area contributed by atoms with Gasteiger partial charge in [0.2, 0.25) is 5.91 Å². The van der Waals surface area contributed by atoms with Crippen LogP contribution in [-0.4, -0.2) is 99.6 Å². The molecule has 0 bridgehead atoms. The van der Waals surface area contributed by atoms with E-state index in [-0.39, 0.29) is 19.4 Å². The Balaban J connectivity index is 2.80. The van der Waals surface area contributed by atoms with Crippen molar-refractivity contribution in [3.63, 3.8) is 0 Å². The number of aliphatic hydroxyl groups excluding tert-OH is 5. The molecule has 8 unspecified atom stereocenters. The molecule has 1 saturated heterocycles. The van der Waals surface area contributed by atoms with E-state index in [1.165, 1.54) is 51.4 Å². The first-order chi connectivity index (χ1) is 34.7. The molecule has 8 atom stereocenters. The second-order valence-corrected chi connectivity index (χ2v) is 18.7. The summed E-state index contributed by atoms with van der Waals surface area (Å²) in [7, 11) is 0. The third-order valence-corrected chi connectivity index (χ3v) is 12.4. The molecule has 1 fully saturated rings. The second kappa shape index (κ2) is 47.3. The van der Waals surface area contributed by atoms with E-state index >= 15 is 0 Å². The van der Waals surface area contributed by atoms with Crippen LogP contribution in [0.1, 0.15) is 194 Å². The fraction of sp³-hybridized carbons (Fsp3) is 0.667.